The second kappa shape index (κ2) is 12.2. The summed E-state index contributed by atoms with van der Waals surface area (Å²) >= 11 is 0. The molecule has 1 aromatic carbocycles. The highest BCUT2D eigenvalue weighted by molar-refractivity contribution is 5.81. The van der Waals surface area contributed by atoms with Gasteiger partial charge in [0.2, 0.25) is 5.91 Å². The van der Waals surface area contributed by atoms with E-state index in [4.69, 9.17) is 9.72 Å². The van der Waals surface area contributed by atoms with Crippen LogP contribution in [0.2, 0.25) is 0 Å². The number of aryl methyl sites for hydroxylation is 2. The van der Waals surface area contributed by atoms with Gasteiger partial charge in [0.1, 0.15) is 17.5 Å². The van der Waals surface area contributed by atoms with E-state index >= 15 is 0 Å². The van der Waals surface area contributed by atoms with Crippen LogP contribution >= 0.6 is 0 Å². The summed E-state index contributed by atoms with van der Waals surface area (Å²) in [6, 6.07) is 6.99. The number of carbonyl (C=O) groups excluding carboxylic acids is 2. The third-order valence-corrected chi connectivity index (χ3v) is 7.51. The third-order valence-electron chi connectivity index (χ3n) is 7.51. The molecule has 0 bridgehead atoms. The number of imidazole rings is 1. The van der Waals surface area contributed by atoms with Crippen molar-refractivity contribution in [1.82, 2.24) is 24.3 Å². The molecule has 41 heavy (non-hydrogen) atoms. The van der Waals surface area contributed by atoms with Crippen molar-refractivity contribution in [3.8, 4) is 11.4 Å². The third kappa shape index (κ3) is 7.23. The van der Waals surface area contributed by atoms with E-state index in [1.54, 1.807) is 53.2 Å². The van der Waals surface area contributed by atoms with Crippen molar-refractivity contribution in [1.29, 1.82) is 0 Å². The van der Waals surface area contributed by atoms with E-state index in [0.29, 0.717) is 25.2 Å². The molecule has 2 unspecified atom stereocenters. The van der Waals surface area contributed by atoms with Crippen LogP contribution in [0.15, 0.2) is 35.3 Å². The minimum atomic E-state index is -0.933. The Balaban J connectivity index is 1.68. The molecule has 10 nitrogen and oxygen atoms in total. The molecule has 2 aromatic heterocycles. The number of hydrogen-bond donors (Lipinski definition) is 2. The number of rotatable bonds is 8. The molecule has 1 aliphatic rings. The predicted molar refractivity (Wildman–Crippen MR) is 158 cm³/mol. The Hall–Kier alpha value is -3.50. The molecule has 222 valence electrons. The van der Waals surface area contributed by atoms with E-state index < -0.39 is 23.7 Å². The summed E-state index contributed by atoms with van der Waals surface area (Å²) in [5.41, 5.74) is 3.42. The fourth-order valence-electron chi connectivity index (χ4n) is 5.49. The van der Waals surface area contributed by atoms with E-state index in [9.17, 15) is 19.5 Å². The molecular formula is C31H43N5O5. The zero-order valence-electron chi connectivity index (χ0n) is 25.2. The monoisotopic (exact) mass is 565 g/mol. The lowest BCUT2D eigenvalue weighted by Crippen LogP contribution is -2.47. The molecule has 1 amide bonds. The number of benzene rings is 1. The maximum atomic E-state index is 12.7. The Labute approximate surface area is 241 Å². The maximum Gasteiger partial charge on any atom is 0.326 e. The van der Waals surface area contributed by atoms with Crippen LogP contribution in [0, 0.1) is 12.8 Å². The second-order valence-corrected chi connectivity index (χ2v) is 12.3. The number of esters is 1. The van der Waals surface area contributed by atoms with Crippen LogP contribution in [0.3, 0.4) is 0 Å². The van der Waals surface area contributed by atoms with E-state index in [-0.39, 0.29) is 17.4 Å². The van der Waals surface area contributed by atoms with Gasteiger partial charge >= 0.3 is 5.97 Å². The molecule has 1 fully saturated rings. The number of hydrogen-bond acceptors (Lipinski definition) is 7. The van der Waals surface area contributed by atoms with E-state index in [1.807, 2.05) is 35.4 Å². The summed E-state index contributed by atoms with van der Waals surface area (Å²) in [6.45, 7) is 12.9. The zero-order chi connectivity index (χ0) is 30.1. The Morgan fingerprint density at radius 3 is 2.61 bits per heavy atom. The van der Waals surface area contributed by atoms with Gasteiger partial charge in [0, 0.05) is 57.5 Å². The topological polar surface area (TPSA) is 119 Å². The van der Waals surface area contributed by atoms with Crippen molar-refractivity contribution in [2.45, 2.75) is 85.2 Å². The van der Waals surface area contributed by atoms with Crippen LogP contribution in [-0.4, -0.2) is 66.8 Å². The summed E-state index contributed by atoms with van der Waals surface area (Å²) in [5, 5.41) is 13.4. The number of aliphatic hydroxyl groups excluding tert-OH is 1. The fraction of sp³-hybridized carbons (Fsp3) is 0.548. The van der Waals surface area contributed by atoms with Crippen molar-refractivity contribution in [3.63, 3.8) is 0 Å². The second-order valence-electron chi connectivity index (χ2n) is 12.3. The van der Waals surface area contributed by atoms with Crippen LogP contribution < -0.4 is 10.9 Å². The number of likely N-dealkylation sites (tertiary alicyclic amines) is 1. The molecule has 0 saturated carbocycles. The van der Waals surface area contributed by atoms with Gasteiger partial charge in [-0.15, -0.1) is 0 Å². The van der Waals surface area contributed by atoms with Crippen molar-refractivity contribution in [2.75, 3.05) is 13.1 Å². The molecule has 1 aliphatic heterocycles. The number of pyridine rings is 1. The summed E-state index contributed by atoms with van der Waals surface area (Å²) in [7, 11) is 1.74. The first-order valence-corrected chi connectivity index (χ1v) is 14.3. The first-order chi connectivity index (χ1) is 19.2. The van der Waals surface area contributed by atoms with Gasteiger partial charge < -0.3 is 23.9 Å². The Kier molecular flexibility index (Phi) is 9.03. The molecule has 0 radical (unpaired) electrons. The van der Waals surface area contributed by atoms with E-state index in [2.05, 4.69) is 9.88 Å². The molecule has 10 heteroatoms. The fourth-order valence-corrected chi connectivity index (χ4v) is 5.49. The van der Waals surface area contributed by atoms with Crippen molar-refractivity contribution < 1.29 is 19.4 Å². The molecule has 0 spiro atoms. The van der Waals surface area contributed by atoms with Gasteiger partial charge in [-0.1, -0.05) is 6.07 Å². The lowest BCUT2D eigenvalue weighted by molar-refractivity contribution is -0.160. The number of nitrogens with one attached hydrogen (secondary N) is 1. The van der Waals surface area contributed by atoms with E-state index in [0.717, 1.165) is 47.4 Å². The van der Waals surface area contributed by atoms with Gasteiger partial charge in [-0.2, -0.15) is 0 Å². The minimum Gasteiger partial charge on any atom is -0.459 e. The molecule has 3 aromatic rings. The molecule has 4 rings (SSSR count). The lowest BCUT2D eigenvalue weighted by Gasteiger charge is -2.32. The van der Waals surface area contributed by atoms with Crippen molar-refractivity contribution in [2.24, 2.45) is 13.0 Å². The minimum absolute atomic E-state index is 0.0493. The Bertz CT molecular complexity index is 1460. The Morgan fingerprint density at radius 1 is 1.24 bits per heavy atom. The van der Waals surface area contributed by atoms with Crippen LogP contribution in [-0.2, 0) is 34.5 Å². The summed E-state index contributed by atoms with van der Waals surface area (Å²) < 4.78 is 9.26. The average Bonchev–Trinajstić information content (AvgIpc) is 3.23. The lowest BCUT2D eigenvalue weighted by atomic mass is 9.97. The van der Waals surface area contributed by atoms with Crippen LogP contribution in [0.4, 0.5) is 0 Å². The number of amides is 1. The quantitative estimate of drug-likeness (QED) is 0.403. The number of aromatic nitrogens is 3. The molecule has 0 aliphatic carbocycles. The molecular weight excluding hydrogens is 522 g/mol. The van der Waals surface area contributed by atoms with Gasteiger partial charge in [0.25, 0.3) is 5.56 Å². The molecule has 2 N–H and O–H groups in total. The summed E-state index contributed by atoms with van der Waals surface area (Å²) in [4.78, 5) is 44.1. The van der Waals surface area contributed by atoms with Gasteiger partial charge in [-0.05, 0) is 77.1 Å². The average molecular weight is 566 g/mol. The number of nitrogens with zero attached hydrogens (tertiary/aromatic N) is 4. The first-order valence-electron chi connectivity index (χ1n) is 14.3. The summed E-state index contributed by atoms with van der Waals surface area (Å²) in [5.74, 6) is 0.634. The normalized spacial score (nSPS) is 17.5. The number of ether oxygens (including phenoxy) is 1. The van der Waals surface area contributed by atoms with Crippen LogP contribution in [0.5, 0.6) is 0 Å². The number of fused-ring (bicyclic) bond motifs is 1. The van der Waals surface area contributed by atoms with Crippen LogP contribution in [0.1, 0.15) is 58.6 Å². The molecule has 3 heterocycles. The van der Waals surface area contributed by atoms with Gasteiger partial charge in [0.15, 0.2) is 0 Å². The molecule has 1 saturated heterocycles. The first kappa shape index (κ1) is 30.5. The number of aliphatic hydroxyl groups is 1. The SMILES string of the molecule is CC(=O)N1CCC[C@@H](Cn2c(-c3cc(C)c(=O)n(C)c3)nc3cc(CNC(C(=O)OC(C)(C)C)C(C)O)ccc32)C1. The van der Waals surface area contributed by atoms with Crippen molar-refractivity contribution >= 4 is 22.9 Å². The smallest absolute Gasteiger partial charge is 0.326 e. The predicted octanol–water partition coefficient (Wildman–Crippen LogP) is 3.15. The number of piperidine rings is 1. The van der Waals surface area contributed by atoms with E-state index in [1.165, 1.54) is 0 Å². The standard InChI is InChI=1S/C31H43N5O5/c1-19-13-24(18-34(7)29(19)39)28-33-25-14-22(15-32-27(20(2)37)30(40)41-31(4,5)6)10-11-26(25)36(28)17-23-9-8-12-35(16-23)21(3)38/h10-11,13-14,18,20,23,27,32,37H,8-9,12,15-17H2,1-7H3/t20?,23-,27?/m1/s1. The van der Waals surface area contributed by atoms with Gasteiger partial charge in [0.05, 0.1) is 17.1 Å². The van der Waals surface area contributed by atoms with Crippen LogP contribution in [0.25, 0.3) is 22.4 Å². The largest absolute Gasteiger partial charge is 0.459 e. The number of carbonyl (C=O) groups is 2. The highest BCUT2D eigenvalue weighted by atomic mass is 16.6. The maximum absolute atomic E-state index is 12.7. The molecule has 3 atom stereocenters. The summed E-state index contributed by atoms with van der Waals surface area (Å²) in [6.07, 6.45) is 2.86. The van der Waals surface area contributed by atoms with Gasteiger partial charge in [-0.25, -0.2) is 4.98 Å². The van der Waals surface area contributed by atoms with Gasteiger partial charge in [-0.3, -0.25) is 19.7 Å². The highest BCUT2D eigenvalue weighted by Gasteiger charge is 2.29. The van der Waals surface area contributed by atoms with Crippen molar-refractivity contribution in [3.05, 3.63) is 51.9 Å². The highest BCUT2D eigenvalue weighted by Crippen LogP contribution is 2.29. The Morgan fingerprint density at radius 2 is 1.98 bits per heavy atom. The zero-order valence-corrected chi connectivity index (χ0v) is 25.2.